The van der Waals surface area contributed by atoms with E-state index >= 15 is 0 Å². The molecule has 0 bridgehead atoms. The first-order chi connectivity index (χ1) is 21.6. The molecule has 1 aliphatic rings. The SMILES string of the molecule is CCOC(=O)C1=C(C)N=c2s/c(=C/c3ccc(OCc4ccc(Br)cc4)c(OCC)c3)c(=O)n2[C@@H]1c1ccc(C)c([N+](=O)[O-])c1. The third-order valence-corrected chi connectivity index (χ3v) is 8.65. The Hall–Kier alpha value is -4.55. The van der Waals surface area contributed by atoms with Crippen LogP contribution >= 0.6 is 27.3 Å². The van der Waals surface area contributed by atoms with Crippen molar-refractivity contribution in [3.05, 3.63) is 128 Å². The van der Waals surface area contributed by atoms with Crippen LogP contribution in [0.25, 0.3) is 6.08 Å². The number of hydrogen-bond donors (Lipinski definition) is 0. The second kappa shape index (κ2) is 13.6. The van der Waals surface area contributed by atoms with Gasteiger partial charge in [0.1, 0.15) is 6.61 Å². The van der Waals surface area contributed by atoms with Gasteiger partial charge in [-0.15, -0.1) is 0 Å². The van der Waals surface area contributed by atoms with Gasteiger partial charge in [0.05, 0.1) is 40.0 Å². The van der Waals surface area contributed by atoms with Crippen LogP contribution in [-0.4, -0.2) is 28.7 Å². The minimum Gasteiger partial charge on any atom is -0.490 e. The van der Waals surface area contributed by atoms with E-state index in [2.05, 4.69) is 20.9 Å². The predicted octanol–water partition coefficient (Wildman–Crippen LogP) is 5.76. The summed E-state index contributed by atoms with van der Waals surface area (Å²) in [5, 5.41) is 11.8. The zero-order valence-electron chi connectivity index (χ0n) is 25.0. The average Bonchev–Trinajstić information content (AvgIpc) is 3.31. The molecule has 0 unspecified atom stereocenters. The highest BCUT2D eigenvalue weighted by Gasteiger charge is 2.34. The zero-order valence-corrected chi connectivity index (χ0v) is 27.4. The summed E-state index contributed by atoms with van der Waals surface area (Å²) in [5.74, 6) is 0.455. The van der Waals surface area contributed by atoms with Crippen LogP contribution in [0.15, 0.2) is 86.2 Å². The molecule has 10 nitrogen and oxygen atoms in total. The second-order valence-corrected chi connectivity index (χ2v) is 12.1. The lowest BCUT2D eigenvalue weighted by atomic mass is 9.94. The monoisotopic (exact) mass is 691 g/mol. The van der Waals surface area contributed by atoms with E-state index in [-0.39, 0.29) is 17.9 Å². The molecule has 45 heavy (non-hydrogen) atoms. The maximum atomic E-state index is 14.0. The van der Waals surface area contributed by atoms with Gasteiger partial charge in [-0.2, -0.15) is 0 Å². The number of thiazole rings is 1. The lowest BCUT2D eigenvalue weighted by molar-refractivity contribution is -0.385. The molecule has 3 aromatic carbocycles. The molecule has 4 aromatic rings. The summed E-state index contributed by atoms with van der Waals surface area (Å²) in [7, 11) is 0. The summed E-state index contributed by atoms with van der Waals surface area (Å²) in [6.07, 6.45) is 1.73. The molecule has 12 heteroatoms. The Morgan fingerprint density at radius 3 is 2.49 bits per heavy atom. The van der Waals surface area contributed by atoms with Gasteiger partial charge in [-0.1, -0.05) is 57.6 Å². The standard InChI is InChI=1S/C33H30BrN3O7S/c1-5-42-27-15-22(10-14-26(27)44-18-21-8-12-24(34)13-9-21)16-28-31(38)36-30(23-11-7-19(3)25(17-23)37(40)41)29(32(39)43-6-2)20(4)35-33(36)45-28/h7-17,30H,5-6,18H2,1-4H3/b28-16+/t30-/m1/s1. The average molecular weight is 693 g/mol. The zero-order chi connectivity index (χ0) is 32.2. The van der Waals surface area contributed by atoms with Gasteiger partial charge in [0.15, 0.2) is 16.3 Å². The van der Waals surface area contributed by atoms with Gasteiger partial charge in [-0.25, -0.2) is 9.79 Å². The predicted molar refractivity (Wildman–Crippen MR) is 174 cm³/mol. The molecule has 2 heterocycles. The Labute approximate surface area is 271 Å². The third kappa shape index (κ3) is 6.76. The van der Waals surface area contributed by atoms with Gasteiger partial charge in [0.2, 0.25) is 0 Å². The van der Waals surface area contributed by atoms with Gasteiger partial charge in [0.25, 0.3) is 11.2 Å². The summed E-state index contributed by atoms with van der Waals surface area (Å²) in [6, 6.07) is 17.0. The summed E-state index contributed by atoms with van der Waals surface area (Å²) in [4.78, 5) is 43.4. The third-order valence-electron chi connectivity index (χ3n) is 7.14. The number of nitrogens with zero attached hydrogens (tertiary/aromatic N) is 3. The summed E-state index contributed by atoms with van der Waals surface area (Å²) >= 11 is 4.60. The van der Waals surface area contributed by atoms with Crippen molar-refractivity contribution >= 4 is 45.0 Å². The van der Waals surface area contributed by atoms with Crippen molar-refractivity contribution in [1.29, 1.82) is 0 Å². The van der Waals surface area contributed by atoms with E-state index in [0.717, 1.165) is 21.4 Å². The summed E-state index contributed by atoms with van der Waals surface area (Å²) in [5.41, 5.74) is 2.58. The molecule has 232 valence electrons. The van der Waals surface area contributed by atoms with E-state index in [0.29, 0.717) is 56.4 Å². The highest BCUT2D eigenvalue weighted by molar-refractivity contribution is 9.10. The van der Waals surface area contributed by atoms with Gasteiger partial charge in [0, 0.05) is 16.1 Å². The van der Waals surface area contributed by atoms with E-state index in [1.165, 1.54) is 10.6 Å². The maximum Gasteiger partial charge on any atom is 0.338 e. The molecule has 1 atom stereocenters. The highest BCUT2D eigenvalue weighted by atomic mass is 79.9. The van der Waals surface area contributed by atoms with Crippen LogP contribution in [0, 0.1) is 17.0 Å². The number of esters is 1. The number of rotatable bonds is 10. The number of carbonyl (C=O) groups is 1. The Balaban J connectivity index is 1.58. The number of carbonyl (C=O) groups excluding carboxylic acids is 1. The van der Waals surface area contributed by atoms with Crippen molar-refractivity contribution in [2.24, 2.45) is 4.99 Å². The number of aryl methyl sites for hydroxylation is 1. The van der Waals surface area contributed by atoms with Crippen molar-refractivity contribution in [1.82, 2.24) is 4.57 Å². The minimum absolute atomic E-state index is 0.113. The van der Waals surface area contributed by atoms with E-state index in [9.17, 15) is 19.7 Å². The van der Waals surface area contributed by atoms with Crippen molar-refractivity contribution in [3.8, 4) is 11.5 Å². The minimum atomic E-state index is -0.963. The van der Waals surface area contributed by atoms with Crippen molar-refractivity contribution in [2.75, 3.05) is 13.2 Å². The van der Waals surface area contributed by atoms with E-state index in [1.54, 1.807) is 51.1 Å². The number of nitro groups is 1. The number of nitro benzene ring substituents is 1. The molecule has 0 N–H and O–H groups in total. The quantitative estimate of drug-likeness (QED) is 0.118. The topological polar surface area (TPSA) is 122 Å². The molecule has 0 radical (unpaired) electrons. The van der Waals surface area contributed by atoms with Crippen LogP contribution in [0.5, 0.6) is 11.5 Å². The van der Waals surface area contributed by atoms with Crippen LogP contribution in [0.2, 0.25) is 0 Å². The number of allylic oxidation sites excluding steroid dienone is 1. The molecular weight excluding hydrogens is 662 g/mol. The molecule has 1 aliphatic heterocycles. The molecule has 5 rings (SSSR count). The van der Waals surface area contributed by atoms with Gasteiger partial charge >= 0.3 is 5.97 Å². The van der Waals surface area contributed by atoms with Crippen LogP contribution in [0.4, 0.5) is 5.69 Å². The van der Waals surface area contributed by atoms with Crippen molar-refractivity contribution in [3.63, 3.8) is 0 Å². The molecule has 0 amide bonds. The smallest absolute Gasteiger partial charge is 0.338 e. The molecule has 1 aromatic heterocycles. The summed E-state index contributed by atoms with van der Waals surface area (Å²) < 4.78 is 20.0. The number of benzene rings is 3. The number of hydrogen-bond acceptors (Lipinski definition) is 9. The van der Waals surface area contributed by atoms with E-state index in [4.69, 9.17) is 14.2 Å². The maximum absolute atomic E-state index is 14.0. The fraction of sp³-hybridized carbons (Fsp3) is 0.242. The Morgan fingerprint density at radius 2 is 1.80 bits per heavy atom. The molecule has 0 aliphatic carbocycles. The number of aromatic nitrogens is 1. The lowest BCUT2D eigenvalue weighted by Crippen LogP contribution is -2.40. The molecule has 0 spiro atoms. The number of ether oxygens (including phenoxy) is 3. The fourth-order valence-corrected chi connectivity index (χ4v) is 6.31. The van der Waals surface area contributed by atoms with Crippen molar-refractivity contribution in [2.45, 2.75) is 40.3 Å². The fourth-order valence-electron chi connectivity index (χ4n) is 5.00. The van der Waals surface area contributed by atoms with Gasteiger partial charge in [-0.3, -0.25) is 19.5 Å². The molecular formula is C33H30BrN3O7S. The lowest BCUT2D eigenvalue weighted by Gasteiger charge is -2.24. The van der Waals surface area contributed by atoms with Crippen LogP contribution in [-0.2, 0) is 16.1 Å². The number of fused-ring (bicyclic) bond motifs is 1. The second-order valence-electron chi connectivity index (χ2n) is 10.2. The first kappa shape index (κ1) is 31.9. The van der Waals surface area contributed by atoms with Crippen molar-refractivity contribution < 1.29 is 23.9 Å². The van der Waals surface area contributed by atoms with Gasteiger partial charge in [-0.05, 0) is 74.7 Å². The molecule has 0 saturated heterocycles. The van der Waals surface area contributed by atoms with Crippen LogP contribution < -0.4 is 24.4 Å². The van der Waals surface area contributed by atoms with E-state index in [1.807, 2.05) is 37.3 Å². The van der Waals surface area contributed by atoms with Crippen LogP contribution in [0.1, 0.15) is 49.1 Å². The highest BCUT2D eigenvalue weighted by Crippen LogP contribution is 2.34. The summed E-state index contributed by atoms with van der Waals surface area (Å²) in [6.45, 7) is 7.74. The molecule has 0 fully saturated rings. The van der Waals surface area contributed by atoms with E-state index < -0.39 is 22.5 Å². The van der Waals surface area contributed by atoms with Crippen LogP contribution in [0.3, 0.4) is 0 Å². The Morgan fingerprint density at radius 1 is 1.04 bits per heavy atom. The first-order valence-electron chi connectivity index (χ1n) is 14.2. The Bertz CT molecular complexity index is 2000. The Kier molecular flexibility index (Phi) is 9.64. The van der Waals surface area contributed by atoms with Gasteiger partial charge < -0.3 is 14.2 Å². The normalized spacial score (nSPS) is 14.5. The largest absolute Gasteiger partial charge is 0.490 e. The number of halogens is 1. The first-order valence-corrected chi connectivity index (χ1v) is 15.8. The molecule has 0 saturated carbocycles.